The number of carbonyl (C=O) groups excluding carboxylic acids is 2. The number of hydrogen-bond donors (Lipinski definition) is 1. The molecule has 37 heavy (non-hydrogen) atoms. The second kappa shape index (κ2) is 12.4. The van der Waals surface area contributed by atoms with Crippen molar-refractivity contribution >= 4 is 23.5 Å². The second-order valence-electron chi connectivity index (χ2n) is 9.28. The lowest BCUT2D eigenvalue weighted by Crippen LogP contribution is -2.34. The van der Waals surface area contributed by atoms with Gasteiger partial charge in [-0.2, -0.15) is 5.10 Å². The number of fused-ring (bicyclic) bond motifs is 1. The van der Waals surface area contributed by atoms with E-state index in [0.717, 1.165) is 6.42 Å². The van der Waals surface area contributed by atoms with Crippen molar-refractivity contribution in [1.82, 2.24) is 19.9 Å². The first-order valence-electron chi connectivity index (χ1n) is 12.3. The van der Waals surface area contributed by atoms with Gasteiger partial charge in [0.1, 0.15) is 35.2 Å². The van der Waals surface area contributed by atoms with Crippen LogP contribution in [0.1, 0.15) is 57.0 Å². The van der Waals surface area contributed by atoms with Crippen molar-refractivity contribution in [3.05, 3.63) is 53.6 Å². The van der Waals surface area contributed by atoms with Gasteiger partial charge in [-0.1, -0.05) is 6.92 Å². The van der Waals surface area contributed by atoms with Gasteiger partial charge in [-0.3, -0.25) is 0 Å². The fraction of sp³-hybridized carbons (Fsp3) is 0.462. The van der Waals surface area contributed by atoms with Crippen LogP contribution in [-0.2, 0) is 16.0 Å². The van der Waals surface area contributed by atoms with Crippen LogP contribution in [0.4, 0.5) is 15.0 Å². The second-order valence-corrected chi connectivity index (χ2v) is 9.28. The van der Waals surface area contributed by atoms with Crippen molar-refractivity contribution in [3.63, 3.8) is 0 Å². The summed E-state index contributed by atoms with van der Waals surface area (Å²) in [7, 11) is 0. The van der Waals surface area contributed by atoms with Crippen molar-refractivity contribution in [1.29, 1.82) is 0 Å². The Morgan fingerprint density at radius 3 is 2.68 bits per heavy atom. The number of amides is 1. The molecule has 1 N–H and O–H groups in total. The van der Waals surface area contributed by atoms with E-state index in [1.165, 1.54) is 22.8 Å². The number of nitrogens with one attached hydrogen (secondary N) is 1. The monoisotopic (exact) mass is 515 g/mol. The summed E-state index contributed by atoms with van der Waals surface area (Å²) in [6.45, 7) is 10.7. The number of nitrogens with zero attached hydrogens (tertiary/aromatic N) is 4. The lowest BCUT2D eigenvalue weighted by Gasteiger charge is -2.25. The van der Waals surface area contributed by atoms with Gasteiger partial charge >= 0.3 is 12.1 Å². The Morgan fingerprint density at radius 2 is 1.97 bits per heavy atom. The molecule has 1 amide bonds. The summed E-state index contributed by atoms with van der Waals surface area (Å²) in [6.07, 6.45) is 3.42. The van der Waals surface area contributed by atoms with Gasteiger partial charge in [0.15, 0.2) is 5.65 Å². The molecule has 3 aromatic rings. The molecule has 0 aliphatic rings. The summed E-state index contributed by atoms with van der Waals surface area (Å²) >= 11 is 0. The van der Waals surface area contributed by atoms with E-state index >= 15 is 0 Å². The zero-order valence-corrected chi connectivity index (χ0v) is 21.9. The maximum atomic E-state index is 14.2. The van der Waals surface area contributed by atoms with Crippen LogP contribution < -0.4 is 15.0 Å². The Balaban J connectivity index is 1.77. The molecule has 2 heterocycles. The molecule has 1 aromatic carbocycles. The Kier molecular flexibility index (Phi) is 9.26. The van der Waals surface area contributed by atoms with Crippen molar-refractivity contribution in [2.75, 3.05) is 31.2 Å². The highest BCUT2D eigenvalue weighted by atomic mass is 19.1. The molecule has 0 saturated carbocycles. The van der Waals surface area contributed by atoms with E-state index in [1.807, 2.05) is 11.8 Å². The number of aromatic nitrogens is 3. The third-order valence-electron chi connectivity index (χ3n) is 5.08. The van der Waals surface area contributed by atoms with Gasteiger partial charge in [0.05, 0.1) is 19.3 Å². The fourth-order valence-corrected chi connectivity index (χ4v) is 3.58. The number of rotatable bonds is 11. The first kappa shape index (κ1) is 27.7. The highest BCUT2D eigenvalue weighted by Crippen LogP contribution is 2.25. The smallest absolute Gasteiger partial charge is 0.407 e. The molecule has 0 aliphatic carbocycles. The van der Waals surface area contributed by atoms with Crippen LogP contribution in [0.15, 0.2) is 36.7 Å². The minimum absolute atomic E-state index is 0.175. The van der Waals surface area contributed by atoms with Crippen molar-refractivity contribution < 1.29 is 28.2 Å². The topological polar surface area (TPSA) is 107 Å². The molecule has 11 heteroatoms. The third kappa shape index (κ3) is 7.80. The SMILES string of the molecule is CCCN(Cc1cc(F)ccc1OCCNC(=O)OC(C)(C)C)c1ccn2ncc(C(=O)OCC)c2n1. The van der Waals surface area contributed by atoms with Gasteiger partial charge in [-0.15, -0.1) is 0 Å². The van der Waals surface area contributed by atoms with Gasteiger partial charge in [0.2, 0.25) is 0 Å². The van der Waals surface area contributed by atoms with Crippen LogP contribution in [0.3, 0.4) is 0 Å². The van der Waals surface area contributed by atoms with Crippen LogP contribution in [0.5, 0.6) is 5.75 Å². The Bertz CT molecular complexity index is 1220. The van der Waals surface area contributed by atoms with Gasteiger partial charge in [-0.05, 0) is 58.4 Å². The molecule has 200 valence electrons. The van der Waals surface area contributed by atoms with E-state index < -0.39 is 23.5 Å². The van der Waals surface area contributed by atoms with Gasteiger partial charge in [0.25, 0.3) is 0 Å². The van der Waals surface area contributed by atoms with E-state index in [1.54, 1.807) is 46.0 Å². The molecule has 0 saturated heterocycles. The molecule has 0 aliphatic heterocycles. The van der Waals surface area contributed by atoms with Gasteiger partial charge in [-0.25, -0.2) is 23.5 Å². The molecular formula is C26H34FN5O5. The maximum Gasteiger partial charge on any atom is 0.407 e. The minimum Gasteiger partial charge on any atom is -0.491 e. The molecule has 0 unspecified atom stereocenters. The first-order chi connectivity index (χ1) is 17.6. The molecule has 3 rings (SSSR count). The molecule has 0 spiro atoms. The standard InChI is InChI=1S/C26H34FN5O5/c1-6-12-31(22-10-13-32-23(30-22)20(16-29-32)24(33)35-7-2)17-18-15-19(27)8-9-21(18)36-14-11-28-25(34)37-26(3,4)5/h8-10,13,15-16H,6-7,11-12,14,17H2,1-5H3,(H,28,34). The lowest BCUT2D eigenvalue weighted by molar-refractivity contribution is 0.0513. The van der Waals surface area contributed by atoms with Crippen molar-refractivity contribution in [3.8, 4) is 5.75 Å². The lowest BCUT2D eigenvalue weighted by atomic mass is 10.1. The molecule has 0 fully saturated rings. The van der Waals surface area contributed by atoms with E-state index in [2.05, 4.69) is 15.4 Å². The number of esters is 1. The highest BCUT2D eigenvalue weighted by molar-refractivity contribution is 5.95. The maximum absolute atomic E-state index is 14.2. The van der Waals surface area contributed by atoms with E-state index in [-0.39, 0.29) is 25.3 Å². The van der Waals surface area contributed by atoms with E-state index in [9.17, 15) is 14.0 Å². The minimum atomic E-state index is -0.594. The Labute approximate surface area is 215 Å². The predicted molar refractivity (Wildman–Crippen MR) is 136 cm³/mol. The molecule has 0 radical (unpaired) electrons. The summed E-state index contributed by atoms with van der Waals surface area (Å²) in [4.78, 5) is 30.8. The molecule has 0 bridgehead atoms. The van der Waals surface area contributed by atoms with Crippen LogP contribution in [0, 0.1) is 5.82 Å². The van der Waals surface area contributed by atoms with Crippen LogP contribution in [0.25, 0.3) is 5.65 Å². The molecule has 0 atom stereocenters. The summed E-state index contributed by atoms with van der Waals surface area (Å²) in [5.74, 6) is 0.202. The number of hydrogen-bond acceptors (Lipinski definition) is 8. The normalized spacial score (nSPS) is 11.3. The summed E-state index contributed by atoms with van der Waals surface area (Å²) in [5, 5.41) is 6.82. The molecule has 10 nitrogen and oxygen atoms in total. The number of halogens is 1. The van der Waals surface area contributed by atoms with Crippen molar-refractivity contribution in [2.45, 2.75) is 53.2 Å². The summed E-state index contributed by atoms with van der Waals surface area (Å²) in [5.41, 5.74) is 0.669. The van der Waals surface area contributed by atoms with Gasteiger partial charge in [0, 0.05) is 24.8 Å². The highest BCUT2D eigenvalue weighted by Gasteiger charge is 2.19. The van der Waals surface area contributed by atoms with Crippen molar-refractivity contribution in [2.24, 2.45) is 0 Å². The average Bonchev–Trinajstić information content (AvgIpc) is 3.25. The van der Waals surface area contributed by atoms with Gasteiger partial charge < -0.3 is 24.4 Å². The van der Waals surface area contributed by atoms with E-state index in [0.29, 0.717) is 35.9 Å². The quantitative estimate of drug-likeness (QED) is 0.296. The third-order valence-corrected chi connectivity index (χ3v) is 5.08. The van der Waals surface area contributed by atoms with Crippen LogP contribution in [-0.4, -0.2) is 58.6 Å². The number of carbonyl (C=O) groups is 2. The zero-order chi connectivity index (χ0) is 27.0. The number of ether oxygens (including phenoxy) is 3. The summed E-state index contributed by atoms with van der Waals surface area (Å²) < 4.78 is 31.9. The van der Waals surface area contributed by atoms with Crippen LogP contribution >= 0.6 is 0 Å². The number of alkyl carbamates (subject to hydrolysis) is 1. The predicted octanol–water partition coefficient (Wildman–Crippen LogP) is 4.37. The fourth-order valence-electron chi connectivity index (χ4n) is 3.58. The zero-order valence-electron chi connectivity index (χ0n) is 21.9. The molecule has 2 aromatic heterocycles. The molecular weight excluding hydrogens is 481 g/mol. The first-order valence-corrected chi connectivity index (χ1v) is 12.3. The summed E-state index contributed by atoms with van der Waals surface area (Å²) in [6, 6.07) is 6.09. The Morgan fingerprint density at radius 1 is 1.19 bits per heavy atom. The van der Waals surface area contributed by atoms with Crippen LogP contribution in [0.2, 0.25) is 0 Å². The Hall–Kier alpha value is -3.89. The van der Waals surface area contributed by atoms with E-state index in [4.69, 9.17) is 14.2 Å². The number of benzene rings is 1. The number of anilines is 1. The largest absolute Gasteiger partial charge is 0.491 e. The average molecular weight is 516 g/mol.